The molecular weight excluding hydrogens is 226 g/mol. The smallest absolute Gasteiger partial charge is 0.214 e. The molecule has 0 N–H and O–H groups in total. The lowest BCUT2D eigenvalue weighted by Crippen LogP contribution is -2.44. The average molecular weight is 249 g/mol. The molecule has 0 saturated carbocycles. The van der Waals surface area contributed by atoms with Crippen LogP contribution < -0.4 is 0 Å². The molecule has 0 aromatic carbocycles. The molecule has 0 amide bonds. The van der Waals surface area contributed by atoms with Crippen LogP contribution in [-0.2, 0) is 14.8 Å². The topological polar surface area (TPSA) is 46.6 Å². The second kappa shape index (κ2) is 6.57. The summed E-state index contributed by atoms with van der Waals surface area (Å²) in [4.78, 5) is 0. The first-order valence-corrected chi connectivity index (χ1v) is 7.80. The van der Waals surface area contributed by atoms with Crippen LogP contribution in [-0.4, -0.2) is 44.3 Å². The van der Waals surface area contributed by atoms with Gasteiger partial charge in [0.2, 0.25) is 10.0 Å². The summed E-state index contributed by atoms with van der Waals surface area (Å²) in [6, 6.07) is 0. The van der Waals surface area contributed by atoms with Gasteiger partial charge < -0.3 is 4.74 Å². The van der Waals surface area contributed by atoms with Crippen molar-refractivity contribution < 1.29 is 13.2 Å². The number of hydrogen-bond acceptors (Lipinski definition) is 3. The van der Waals surface area contributed by atoms with Crippen LogP contribution in [0, 0.1) is 0 Å². The van der Waals surface area contributed by atoms with Crippen molar-refractivity contribution in [3.8, 4) is 0 Å². The first-order valence-electron chi connectivity index (χ1n) is 6.19. The maximum absolute atomic E-state index is 11.9. The lowest BCUT2D eigenvalue weighted by atomic mass is 10.1. The molecule has 16 heavy (non-hydrogen) atoms. The van der Waals surface area contributed by atoms with Gasteiger partial charge in [0.05, 0.1) is 11.9 Å². The molecule has 4 nitrogen and oxygen atoms in total. The molecule has 1 aliphatic heterocycles. The van der Waals surface area contributed by atoms with Crippen molar-refractivity contribution >= 4 is 10.0 Å². The third-order valence-electron chi connectivity index (χ3n) is 2.75. The molecule has 1 heterocycles. The predicted molar refractivity (Wildman–Crippen MR) is 64.9 cm³/mol. The minimum absolute atomic E-state index is 0.0975. The van der Waals surface area contributed by atoms with Crippen LogP contribution in [0.2, 0.25) is 0 Å². The summed E-state index contributed by atoms with van der Waals surface area (Å²) in [6.07, 6.45) is 3.66. The van der Waals surface area contributed by atoms with E-state index in [1.807, 2.05) is 6.92 Å². The molecule has 0 aromatic heterocycles. The number of rotatable bonds is 6. The maximum Gasteiger partial charge on any atom is 0.214 e. The summed E-state index contributed by atoms with van der Waals surface area (Å²) in [6.45, 7) is 5.89. The monoisotopic (exact) mass is 249 g/mol. The van der Waals surface area contributed by atoms with Crippen molar-refractivity contribution in [3.05, 3.63) is 0 Å². The minimum atomic E-state index is -3.04. The van der Waals surface area contributed by atoms with Gasteiger partial charge in [0.25, 0.3) is 0 Å². The molecule has 0 aromatic rings. The van der Waals surface area contributed by atoms with E-state index >= 15 is 0 Å². The summed E-state index contributed by atoms with van der Waals surface area (Å²) in [5.41, 5.74) is 0. The van der Waals surface area contributed by atoms with Crippen LogP contribution >= 0.6 is 0 Å². The van der Waals surface area contributed by atoms with Crippen LogP contribution in [0.1, 0.15) is 39.5 Å². The van der Waals surface area contributed by atoms with E-state index in [9.17, 15) is 8.42 Å². The summed E-state index contributed by atoms with van der Waals surface area (Å²) in [7, 11) is -3.04. The molecule has 5 heteroatoms. The van der Waals surface area contributed by atoms with E-state index in [0.717, 1.165) is 25.9 Å². The molecule has 1 fully saturated rings. The zero-order valence-electron chi connectivity index (χ0n) is 10.3. The van der Waals surface area contributed by atoms with Gasteiger partial charge in [-0.1, -0.05) is 13.8 Å². The van der Waals surface area contributed by atoms with Crippen molar-refractivity contribution in [2.24, 2.45) is 0 Å². The molecule has 0 spiro atoms. The van der Waals surface area contributed by atoms with Gasteiger partial charge in [-0.3, -0.25) is 0 Å². The van der Waals surface area contributed by atoms with E-state index in [4.69, 9.17) is 4.74 Å². The molecule has 0 aliphatic carbocycles. The van der Waals surface area contributed by atoms with Crippen molar-refractivity contribution in [3.63, 3.8) is 0 Å². The standard InChI is InChI=1S/C11H23NO3S/c1-3-8-15-11-6-5-7-12(10-11)16(13,14)9-4-2/h11H,3-10H2,1-2H3. The van der Waals surface area contributed by atoms with E-state index in [1.165, 1.54) is 0 Å². The third kappa shape index (κ3) is 4.03. The molecule has 1 saturated heterocycles. The second-order valence-electron chi connectivity index (χ2n) is 4.31. The molecule has 0 bridgehead atoms. The van der Waals surface area contributed by atoms with Gasteiger partial charge in [0, 0.05) is 19.7 Å². The third-order valence-corrected chi connectivity index (χ3v) is 4.80. The fourth-order valence-electron chi connectivity index (χ4n) is 1.97. The lowest BCUT2D eigenvalue weighted by Gasteiger charge is -2.31. The molecule has 1 rings (SSSR count). The summed E-state index contributed by atoms with van der Waals surface area (Å²) < 4.78 is 31.0. The van der Waals surface area contributed by atoms with Crippen LogP contribution in [0.5, 0.6) is 0 Å². The quantitative estimate of drug-likeness (QED) is 0.718. The van der Waals surface area contributed by atoms with Crippen molar-refractivity contribution in [2.45, 2.75) is 45.6 Å². The Morgan fingerprint density at radius 2 is 2.06 bits per heavy atom. The maximum atomic E-state index is 11.9. The number of sulfonamides is 1. The number of nitrogens with zero attached hydrogens (tertiary/aromatic N) is 1. The number of ether oxygens (including phenoxy) is 1. The molecule has 96 valence electrons. The fraction of sp³-hybridized carbons (Fsp3) is 1.00. The Kier molecular flexibility index (Phi) is 5.72. The van der Waals surface area contributed by atoms with Crippen LogP contribution in [0.25, 0.3) is 0 Å². The van der Waals surface area contributed by atoms with E-state index in [0.29, 0.717) is 19.5 Å². The Morgan fingerprint density at radius 1 is 1.31 bits per heavy atom. The molecule has 1 atom stereocenters. The first kappa shape index (κ1) is 13.9. The zero-order chi connectivity index (χ0) is 12.0. The summed E-state index contributed by atoms with van der Waals surface area (Å²) in [5.74, 6) is 0.257. The van der Waals surface area contributed by atoms with Gasteiger partial charge in [-0.2, -0.15) is 4.31 Å². The number of piperidine rings is 1. The number of hydrogen-bond donors (Lipinski definition) is 0. The molecule has 1 aliphatic rings. The van der Waals surface area contributed by atoms with Gasteiger partial charge in [-0.05, 0) is 25.7 Å². The van der Waals surface area contributed by atoms with E-state index in [-0.39, 0.29) is 11.9 Å². The van der Waals surface area contributed by atoms with Crippen molar-refractivity contribution in [1.29, 1.82) is 0 Å². The average Bonchev–Trinajstić information content (AvgIpc) is 2.27. The van der Waals surface area contributed by atoms with Gasteiger partial charge in [-0.25, -0.2) is 8.42 Å². The highest BCUT2D eigenvalue weighted by molar-refractivity contribution is 7.89. The molecule has 1 unspecified atom stereocenters. The second-order valence-corrected chi connectivity index (χ2v) is 6.40. The van der Waals surface area contributed by atoms with Gasteiger partial charge in [0.1, 0.15) is 0 Å². The van der Waals surface area contributed by atoms with E-state index in [1.54, 1.807) is 4.31 Å². The minimum Gasteiger partial charge on any atom is -0.377 e. The predicted octanol–water partition coefficient (Wildman–Crippen LogP) is 1.62. The largest absolute Gasteiger partial charge is 0.377 e. The van der Waals surface area contributed by atoms with Crippen molar-refractivity contribution in [1.82, 2.24) is 4.31 Å². The van der Waals surface area contributed by atoms with Gasteiger partial charge >= 0.3 is 0 Å². The first-order chi connectivity index (χ1) is 7.60. The Balaban J connectivity index is 2.49. The van der Waals surface area contributed by atoms with Crippen LogP contribution in [0.15, 0.2) is 0 Å². The van der Waals surface area contributed by atoms with Crippen LogP contribution in [0.3, 0.4) is 0 Å². The Bertz CT molecular complexity index is 290. The molecule has 0 radical (unpaired) electrons. The highest BCUT2D eigenvalue weighted by atomic mass is 32.2. The van der Waals surface area contributed by atoms with Crippen molar-refractivity contribution in [2.75, 3.05) is 25.4 Å². The Labute approximate surface area is 99.0 Å². The summed E-state index contributed by atoms with van der Waals surface area (Å²) in [5, 5.41) is 0. The fourth-order valence-corrected chi connectivity index (χ4v) is 3.54. The zero-order valence-corrected chi connectivity index (χ0v) is 11.1. The summed E-state index contributed by atoms with van der Waals surface area (Å²) >= 11 is 0. The van der Waals surface area contributed by atoms with Gasteiger partial charge in [0.15, 0.2) is 0 Å². The highest BCUT2D eigenvalue weighted by Crippen LogP contribution is 2.17. The Hall–Kier alpha value is -0.130. The molecular formula is C11H23NO3S. The lowest BCUT2D eigenvalue weighted by molar-refractivity contribution is 0.0193. The SMILES string of the molecule is CCCOC1CCCN(S(=O)(=O)CCC)C1. The highest BCUT2D eigenvalue weighted by Gasteiger charge is 2.28. The van der Waals surface area contributed by atoms with E-state index in [2.05, 4.69) is 6.92 Å². The van der Waals surface area contributed by atoms with Gasteiger partial charge in [-0.15, -0.1) is 0 Å². The van der Waals surface area contributed by atoms with Crippen LogP contribution in [0.4, 0.5) is 0 Å². The normalized spacial score (nSPS) is 23.5. The Morgan fingerprint density at radius 3 is 2.69 bits per heavy atom. The van der Waals surface area contributed by atoms with E-state index < -0.39 is 10.0 Å².